The zero-order chi connectivity index (χ0) is 8.97. The van der Waals surface area contributed by atoms with Gasteiger partial charge >= 0.3 is 0 Å². The fraction of sp³-hybridized carbons (Fsp3) is 0.200. The third-order valence-corrected chi connectivity index (χ3v) is 1.95. The van der Waals surface area contributed by atoms with Gasteiger partial charge in [-0.05, 0) is 25.0 Å². The summed E-state index contributed by atoms with van der Waals surface area (Å²) in [6.07, 6.45) is 4.65. The van der Waals surface area contributed by atoms with E-state index in [0.29, 0.717) is 5.02 Å². The highest BCUT2D eigenvalue weighted by Crippen LogP contribution is 2.27. The Labute approximate surface area is 77.3 Å². The second-order valence-electron chi connectivity index (χ2n) is 2.52. The Morgan fingerprint density at radius 1 is 1.50 bits per heavy atom. The van der Waals surface area contributed by atoms with Crippen LogP contribution in [-0.2, 0) is 6.42 Å². The second-order valence-corrected chi connectivity index (χ2v) is 2.93. The first-order valence-corrected chi connectivity index (χ1v) is 4.21. The van der Waals surface area contributed by atoms with E-state index in [4.69, 9.17) is 11.6 Å². The predicted octanol–water partition coefficient (Wildman–Crippen LogP) is 3.16. The fourth-order valence-electron chi connectivity index (χ4n) is 0.970. The highest BCUT2D eigenvalue weighted by molar-refractivity contribution is 6.32. The molecule has 0 unspecified atom stereocenters. The minimum atomic E-state index is 0.192. The minimum absolute atomic E-state index is 0.192. The number of phenols is 1. The van der Waals surface area contributed by atoms with Gasteiger partial charge in [0.05, 0.1) is 5.02 Å². The molecule has 0 saturated carbocycles. The molecule has 1 nitrogen and oxygen atoms in total. The topological polar surface area (TPSA) is 20.2 Å². The quantitative estimate of drug-likeness (QED) is 0.697. The summed E-state index contributed by atoms with van der Waals surface area (Å²) < 4.78 is 0. The lowest BCUT2D eigenvalue weighted by Gasteiger charge is -2.01. The van der Waals surface area contributed by atoms with Crippen LogP contribution < -0.4 is 0 Å². The molecule has 64 valence electrons. The number of hydrogen-bond acceptors (Lipinski definition) is 1. The summed E-state index contributed by atoms with van der Waals surface area (Å²) in [6, 6.07) is 5.37. The molecule has 1 rings (SSSR count). The van der Waals surface area contributed by atoms with Crippen molar-refractivity contribution in [3.63, 3.8) is 0 Å². The fourth-order valence-corrected chi connectivity index (χ4v) is 1.16. The molecular formula is C10H11ClO. The first kappa shape index (κ1) is 9.14. The van der Waals surface area contributed by atoms with E-state index in [2.05, 4.69) is 0 Å². The van der Waals surface area contributed by atoms with E-state index in [9.17, 15) is 5.11 Å². The highest BCUT2D eigenvalue weighted by Gasteiger charge is 2.01. The number of rotatable bonds is 2. The maximum absolute atomic E-state index is 9.46. The molecule has 0 aliphatic heterocycles. The molecule has 0 aliphatic rings. The first-order chi connectivity index (χ1) is 5.75. The molecule has 0 bridgehead atoms. The van der Waals surface area contributed by atoms with Crippen molar-refractivity contribution >= 4 is 11.6 Å². The van der Waals surface area contributed by atoms with Crippen molar-refractivity contribution in [2.75, 3.05) is 0 Å². The molecule has 0 radical (unpaired) electrons. The number of halogens is 1. The summed E-state index contributed by atoms with van der Waals surface area (Å²) >= 11 is 5.72. The molecule has 1 N–H and O–H groups in total. The predicted molar refractivity (Wildman–Crippen MR) is 51.6 cm³/mol. The van der Waals surface area contributed by atoms with Crippen molar-refractivity contribution in [3.8, 4) is 5.75 Å². The molecule has 0 amide bonds. The zero-order valence-electron chi connectivity index (χ0n) is 6.92. The van der Waals surface area contributed by atoms with Gasteiger partial charge in [-0.15, -0.1) is 0 Å². The third kappa shape index (κ3) is 2.02. The van der Waals surface area contributed by atoms with Crippen LogP contribution in [0.4, 0.5) is 0 Å². The first-order valence-electron chi connectivity index (χ1n) is 3.83. The largest absolute Gasteiger partial charge is 0.506 e. The van der Waals surface area contributed by atoms with Gasteiger partial charge in [0.25, 0.3) is 0 Å². The van der Waals surface area contributed by atoms with Gasteiger partial charge in [0.2, 0.25) is 0 Å². The van der Waals surface area contributed by atoms with Crippen LogP contribution in [0, 0.1) is 0 Å². The van der Waals surface area contributed by atoms with Gasteiger partial charge in [-0.2, -0.15) is 0 Å². The van der Waals surface area contributed by atoms with E-state index in [1.807, 2.05) is 31.2 Å². The summed E-state index contributed by atoms with van der Waals surface area (Å²) in [5.74, 6) is 0.192. The van der Waals surface area contributed by atoms with Crippen LogP contribution in [0.5, 0.6) is 5.75 Å². The summed E-state index contributed by atoms with van der Waals surface area (Å²) in [7, 11) is 0. The van der Waals surface area contributed by atoms with Crippen molar-refractivity contribution in [1.82, 2.24) is 0 Å². The van der Waals surface area contributed by atoms with Crippen molar-refractivity contribution in [2.24, 2.45) is 0 Å². The monoisotopic (exact) mass is 182 g/mol. The van der Waals surface area contributed by atoms with Gasteiger partial charge in [0.1, 0.15) is 5.75 Å². The van der Waals surface area contributed by atoms with E-state index in [-0.39, 0.29) is 5.75 Å². The van der Waals surface area contributed by atoms with Gasteiger partial charge < -0.3 is 5.11 Å². The molecule has 1 aromatic carbocycles. The Morgan fingerprint density at radius 2 is 2.25 bits per heavy atom. The maximum atomic E-state index is 9.46. The molecule has 0 fully saturated rings. The Bertz CT molecular complexity index is 292. The smallest absolute Gasteiger partial charge is 0.137 e. The van der Waals surface area contributed by atoms with E-state index in [0.717, 1.165) is 12.0 Å². The molecule has 0 aliphatic carbocycles. The normalized spacial score (nSPS) is 10.8. The van der Waals surface area contributed by atoms with Gasteiger partial charge in [-0.1, -0.05) is 35.9 Å². The lowest BCUT2D eigenvalue weighted by atomic mass is 10.1. The summed E-state index contributed by atoms with van der Waals surface area (Å²) in [5, 5.41) is 9.87. The zero-order valence-corrected chi connectivity index (χ0v) is 7.67. The number of aromatic hydroxyl groups is 1. The van der Waals surface area contributed by atoms with Crippen LogP contribution >= 0.6 is 11.6 Å². The van der Waals surface area contributed by atoms with E-state index >= 15 is 0 Å². The van der Waals surface area contributed by atoms with Crippen LogP contribution in [0.3, 0.4) is 0 Å². The van der Waals surface area contributed by atoms with E-state index in [1.165, 1.54) is 0 Å². The van der Waals surface area contributed by atoms with Crippen LogP contribution in [0.1, 0.15) is 12.5 Å². The van der Waals surface area contributed by atoms with Gasteiger partial charge in [0.15, 0.2) is 0 Å². The highest BCUT2D eigenvalue weighted by atomic mass is 35.5. The Morgan fingerprint density at radius 3 is 2.92 bits per heavy atom. The Hall–Kier alpha value is -0.950. The molecule has 0 saturated heterocycles. The van der Waals surface area contributed by atoms with Crippen molar-refractivity contribution in [2.45, 2.75) is 13.3 Å². The number of phenolic OH excluding ortho intramolecular Hbond substituents is 1. The number of hydrogen-bond donors (Lipinski definition) is 1. The van der Waals surface area contributed by atoms with Crippen molar-refractivity contribution in [1.29, 1.82) is 0 Å². The molecule has 0 heterocycles. The summed E-state index contributed by atoms with van der Waals surface area (Å²) in [4.78, 5) is 0. The molecule has 0 aromatic heterocycles. The van der Waals surface area contributed by atoms with Gasteiger partial charge in [-0.3, -0.25) is 0 Å². The maximum Gasteiger partial charge on any atom is 0.137 e. The molecular weight excluding hydrogens is 172 g/mol. The van der Waals surface area contributed by atoms with Gasteiger partial charge in [-0.25, -0.2) is 0 Å². The van der Waals surface area contributed by atoms with Crippen molar-refractivity contribution < 1.29 is 5.11 Å². The Balaban J connectivity index is 2.92. The summed E-state index contributed by atoms with van der Waals surface area (Å²) in [5.41, 5.74) is 0.862. The van der Waals surface area contributed by atoms with Crippen LogP contribution in [0.15, 0.2) is 30.4 Å². The third-order valence-electron chi connectivity index (χ3n) is 1.64. The van der Waals surface area contributed by atoms with E-state index in [1.54, 1.807) is 6.07 Å². The lowest BCUT2D eigenvalue weighted by molar-refractivity contribution is 0.470. The lowest BCUT2D eigenvalue weighted by Crippen LogP contribution is -1.82. The number of para-hydroxylation sites is 1. The SMILES string of the molecule is CC=CCc1cccc(Cl)c1O. The van der Waals surface area contributed by atoms with Crippen LogP contribution in [-0.4, -0.2) is 5.11 Å². The van der Waals surface area contributed by atoms with Crippen molar-refractivity contribution in [3.05, 3.63) is 40.9 Å². The molecule has 12 heavy (non-hydrogen) atoms. The Kier molecular flexibility index (Phi) is 3.18. The number of benzene rings is 1. The minimum Gasteiger partial charge on any atom is -0.506 e. The van der Waals surface area contributed by atoms with Gasteiger partial charge in [0, 0.05) is 0 Å². The second kappa shape index (κ2) is 4.17. The molecule has 0 spiro atoms. The van der Waals surface area contributed by atoms with E-state index < -0.39 is 0 Å². The average Bonchev–Trinajstić information content (AvgIpc) is 2.08. The number of allylic oxidation sites excluding steroid dienone is 2. The van der Waals surface area contributed by atoms with Crippen LogP contribution in [0.2, 0.25) is 5.02 Å². The molecule has 2 heteroatoms. The molecule has 0 atom stereocenters. The molecule has 1 aromatic rings. The standard InChI is InChI=1S/C10H11ClO/c1-2-3-5-8-6-4-7-9(11)10(8)12/h2-4,6-7,12H,5H2,1H3. The van der Waals surface area contributed by atoms with Crippen LogP contribution in [0.25, 0.3) is 0 Å². The summed E-state index contributed by atoms with van der Waals surface area (Å²) in [6.45, 7) is 1.95. The average molecular weight is 183 g/mol.